The average Bonchev–Trinajstić information content (AvgIpc) is 3.53. The Morgan fingerprint density at radius 2 is 1.76 bits per heavy atom. The summed E-state index contributed by atoms with van der Waals surface area (Å²) in [5.74, 6) is 0.313. The predicted octanol–water partition coefficient (Wildman–Crippen LogP) is 4.96. The summed E-state index contributed by atoms with van der Waals surface area (Å²) < 4.78 is 12.2. The quantitative estimate of drug-likeness (QED) is 0.0805. The van der Waals surface area contributed by atoms with Crippen LogP contribution in [0, 0.1) is 5.92 Å². The van der Waals surface area contributed by atoms with E-state index in [9.17, 15) is 24.6 Å². The van der Waals surface area contributed by atoms with Gasteiger partial charge in [-0.3, -0.25) is 4.90 Å². The Morgan fingerprint density at radius 1 is 0.980 bits per heavy atom. The molecule has 1 radical (unpaired) electrons. The number of unbranched alkanes of at least 4 members (excludes halogenated alkanes) is 2. The molecule has 0 unspecified atom stereocenters. The molecule has 1 aromatic heterocycles. The topological polar surface area (TPSA) is 141 Å². The van der Waals surface area contributed by atoms with E-state index in [1.165, 1.54) is 12.1 Å². The number of aliphatic hydroxyl groups excluding tert-OH is 1. The number of aromatic amines is 1. The second-order valence-corrected chi connectivity index (χ2v) is 16.8. The van der Waals surface area contributed by atoms with E-state index in [0.29, 0.717) is 58.4 Å². The van der Waals surface area contributed by atoms with Gasteiger partial charge in [0.2, 0.25) is 0 Å². The van der Waals surface area contributed by atoms with Crippen molar-refractivity contribution < 1.29 is 29.3 Å². The number of rotatable bonds is 14. The Balaban J connectivity index is 0.879. The number of phenols is 1. The van der Waals surface area contributed by atoms with Gasteiger partial charge in [-0.15, -0.1) is 0 Å². The van der Waals surface area contributed by atoms with Crippen LogP contribution in [0.5, 0.6) is 11.5 Å². The number of pyridine rings is 1. The van der Waals surface area contributed by atoms with Crippen molar-refractivity contribution >= 4 is 38.5 Å². The molecule has 3 aliphatic heterocycles. The van der Waals surface area contributed by atoms with Crippen molar-refractivity contribution in [3.8, 4) is 11.5 Å². The molecule has 3 fully saturated rings. The van der Waals surface area contributed by atoms with Gasteiger partial charge in [-0.2, -0.15) is 0 Å². The first-order valence-corrected chi connectivity index (χ1v) is 20.7. The fraction of sp³-hybridized carbons (Fsp3) is 0.425. The summed E-state index contributed by atoms with van der Waals surface area (Å²) in [4.78, 5) is 44.4. The van der Waals surface area contributed by atoms with Crippen LogP contribution in [0.2, 0.25) is 10.4 Å². The summed E-state index contributed by atoms with van der Waals surface area (Å²) >= 11 is -0.0756. The predicted molar refractivity (Wildman–Crippen MR) is 195 cm³/mol. The van der Waals surface area contributed by atoms with E-state index in [2.05, 4.69) is 15.2 Å². The number of benzene rings is 3. The van der Waals surface area contributed by atoms with Crippen molar-refractivity contribution in [2.75, 3.05) is 26.2 Å². The monoisotopic (exact) mass is 754 g/mol. The zero-order chi connectivity index (χ0) is 35.4. The zero-order valence-corrected chi connectivity index (χ0v) is 30.6. The number of fused-ring (bicyclic) bond motifs is 5. The average molecular weight is 755 g/mol. The summed E-state index contributed by atoms with van der Waals surface area (Å²) in [5.41, 5.74) is 2.17. The number of aromatic hydroxyl groups is 1. The molecule has 4 aromatic rings. The third-order valence-electron chi connectivity index (χ3n) is 10.6. The summed E-state index contributed by atoms with van der Waals surface area (Å²) in [6.45, 7) is 3.40. The zero-order valence-electron chi connectivity index (χ0n) is 28.7. The number of aliphatic hydroxyl groups is 1. The van der Waals surface area contributed by atoms with Gasteiger partial charge >= 0.3 is 198 Å². The molecule has 8 rings (SSSR count). The molecule has 267 valence electrons. The van der Waals surface area contributed by atoms with E-state index in [1.54, 1.807) is 30.3 Å². The molecule has 11 heteroatoms. The third-order valence-corrected chi connectivity index (χ3v) is 13.2. The summed E-state index contributed by atoms with van der Waals surface area (Å²) in [6, 6.07) is 21.4. The van der Waals surface area contributed by atoms with Crippen LogP contribution >= 0.6 is 0 Å². The molecule has 51 heavy (non-hydrogen) atoms. The van der Waals surface area contributed by atoms with Gasteiger partial charge in [0.1, 0.15) is 6.10 Å². The first kappa shape index (κ1) is 35.3. The Labute approximate surface area is 304 Å². The minimum absolute atomic E-state index is 0.00965. The van der Waals surface area contributed by atoms with Crippen LogP contribution < -0.4 is 15.6 Å². The van der Waals surface area contributed by atoms with Gasteiger partial charge < -0.3 is 4.74 Å². The molecule has 3 aromatic carbocycles. The molecule has 3 saturated heterocycles. The van der Waals surface area contributed by atoms with Crippen molar-refractivity contribution in [3.63, 3.8) is 0 Å². The van der Waals surface area contributed by atoms with Crippen molar-refractivity contribution in [2.45, 2.75) is 73.1 Å². The van der Waals surface area contributed by atoms with Crippen LogP contribution in [-0.2, 0) is 22.4 Å². The van der Waals surface area contributed by atoms with Crippen LogP contribution in [-0.4, -0.2) is 85.6 Å². The summed E-state index contributed by atoms with van der Waals surface area (Å²) in [6.07, 6.45) is 4.99. The number of esters is 1. The normalized spacial score (nSPS) is 21.1. The maximum atomic E-state index is 13.9. The molecule has 0 saturated carbocycles. The Kier molecular flexibility index (Phi) is 10.8. The Morgan fingerprint density at radius 3 is 2.51 bits per heavy atom. The molecule has 4 heterocycles. The van der Waals surface area contributed by atoms with Gasteiger partial charge in [-0.1, -0.05) is 24.3 Å². The van der Waals surface area contributed by atoms with Crippen LogP contribution in [0.15, 0.2) is 77.6 Å². The van der Waals surface area contributed by atoms with Crippen LogP contribution in [0.3, 0.4) is 0 Å². The van der Waals surface area contributed by atoms with Gasteiger partial charge in [-0.05, 0) is 43.0 Å². The van der Waals surface area contributed by atoms with Crippen LogP contribution in [0.4, 0.5) is 0 Å². The Hall–Kier alpha value is -4.11. The van der Waals surface area contributed by atoms with Gasteiger partial charge in [0.15, 0.2) is 0 Å². The summed E-state index contributed by atoms with van der Waals surface area (Å²) in [5, 5.41) is 26.4. The van der Waals surface area contributed by atoms with Crippen molar-refractivity contribution in [3.05, 3.63) is 105 Å². The molecule has 10 nitrogen and oxygen atoms in total. The second kappa shape index (κ2) is 15.6. The third kappa shape index (κ3) is 8.03. The van der Waals surface area contributed by atoms with E-state index < -0.39 is 11.6 Å². The molecule has 2 bridgehead atoms. The van der Waals surface area contributed by atoms with E-state index in [0.717, 1.165) is 68.1 Å². The molecule has 4 aliphatic rings. The minimum atomic E-state index is -1.15. The van der Waals surface area contributed by atoms with Crippen LogP contribution in [0.1, 0.15) is 65.3 Å². The van der Waals surface area contributed by atoms with Crippen molar-refractivity contribution in [1.29, 1.82) is 0 Å². The van der Waals surface area contributed by atoms with Crippen LogP contribution in [0.25, 0.3) is 10.9 Å². The Bertz CT molecular complexity index is 1910. The van der Waals surface area contributed by atoms with Crippen molar-refractivity contribution in [1.82, 2.24) is 15.2 Å². The number of phenolic OH excluding ortho intramolecular Hbond substituents is 1. The molecule has 0 spiro atoms. The van der Waals surface area contributed by atoms with E-state index in [1.807, 2.05) is 30.3 Å². The molecule has 4 N–H and O–H groups in total. The fourth-order valence-corrected chi connectivity index (χ4v) is 10.0. The van der Waals surface area contributed by atoms with E-state index in [4.69, 9.17) is 9.47 Å². The fourth-order valence-electron chi connectivity index (χ4n) is 7.76. The molecular formula is C40H45AsN3O7. The second-order valence-electron chi connectivity index (χ2n) is 14.1. The van der Waals surface area contributed by atoms with Crippen molar-refractivity contribution in [2.24, 2.45) is 5.92 Å². The molecule has 1 amide bonds. The number of nitrogens with zero attached hydrogens (tertiary/aromatic N) is 1. The molecular weight excluding hydrogens is 709 g/mol. The number of nitrogens with one attached hydrogen (secondary N) is 2. The number of piperidine rings is 3. The van der Waals surface area contributed by atoms with Gasteiger partial charge in [0.05, 0.1) is 0 Å². The maximum absolute atomic E-state index is 13.9. The van der Waals surface area contributed by atoms with Gasteiger partial charge in [0, 0.05) is 19.4 Å². The SMILES string of the molecule is O=C(NC1(C(=O)O[C@H]2CN3CCC2CC3)Cc2ccccc2C1)c1cccc(OCCCCC[As]C[C@H](O)c2ccc(O)c3[nH]c(=O)ccc23)c1. The number of carbonyl (C=O) groups is 2. The standard InChI is InChI=1S/C40H45AsN3O7/c45-33-13-11-31(32-12-14-36(47)42-37(32)33)34(46)24-41-17-4-1-5-20-50-30-10-6-9-27(21-30)38(48)43-40(22-28-7-2-3-8-29(28)23-40)39(49)51-35-25-44-18-15-26(35)16-19-44/h2-3,6-14,21,26,34-35,45-46H,1,4-5,15-20,22-25H2,(H,42,47)(H,43,48)/t34-,35-/m0/s1. The molecule has 2 atom stereocenters. The number of hydrogen-bond acceptors (Lipinski definition) is 8. The van der Waals surface area contributed by atoms with Gasteiger partial charge in [-0.25, -0.2) is 4.79 Å². The number of amides is 1. The van der Waals surface area contributed by atoms with E-state index >= 15 is 0 Å². The van der Waals surface area contributed by atoms with Gasteiger partial charge in [0.25, 0.3) is 0 Å². The number of aromatic nitrogens is 1. The number of H-pyrrole nitrogens is 1. The first-order valence-electron chi connectivity index (χ1n) is 18.0. The molecule has 1 aliphatic carbocycles. The number of hydrogen-bond donors (Lipinski definition) is 4. The summed E-state index contributed by atoms with van der Waals surface area (Å²) in [7, 11) is 0. The number of carbonyl (C=O) groups excluding carboxylic acids is 2. The van der Waals surface area contributed by atoms with E-state index in [-0.39, 0.29) is 45.0 Å². The number of ether oxygens (including phenoxy) is 2. The first-order chi connectivity index (χ1) is 24.8.